The maximum atomic E-state index is 4.55. The molecule has 0 radical (unpaired) electrons. The summed E-state index contributed by atoms with van der Waals surface area (Å²) in [5.41, 5.74) is 2.95. The van der Waals surface area contributed by atoms with Gasteiger partial charge in [-0.05, 0) is 25.5 Å². The lowest BCUT2D eigenvalue weighted by molar-refractivity contribution is 0.479. The molecule has 15 heavy (non-hydrogen) atoms. The normalized spacial score (nSPS) is 12.3. The van der Waals surface area contributed by atoms with Gasteiger partial charge in [-0.2, -0.15) is 0 Å². The van der Waals surface area contributed by atoms with E-state index in [9.17, 15) is 0 Å². The van der Waals surface area contributed by atoms with Gasteiger partial charge in [0, 0.05) is 11.1 Å². The molecule has 2 heterocycles. The second-order valence-corrected chi connectivity index (χ2v) is 4.65. The molecule has 0 amide bonds. The summed E-state index contributed by atoms with van der Waals surface area (Å²) in [6.45, 7) is 8.54. The van der Waals surface area contributed by atoms with Crippen LogP contribution in [0.15, 0.2) is 12.1 Å². The second kappa shape index (κ2) is 3.33. The maximum absolute atomic E-state index is 4.55. The van der Waals surface area contributed by atoms with E-state index in [0.717, 1.165) is 29.1 Å². The Morgan fingerprint density at radius 3 is 2.67 bits per heavy atom. The molecule has 0 unspecified atom stereocenters. The number of imidazole rings is 1. The minimum atomic E-state index is 0.0919. The summed E-state index contributed by atoms with van der Waals surface area (Å²) in [5, 5.41) is 0. The van der Waals surface area contributed by atoms with Gasteiger partial charge in [0.2, 0.25) is 0 Å². The fourth-order valence-electron chi connectivity index (χ4n) is 1.48. The first-order valence-electron chi connectivity index (χ1n) is 5.37. The van der Waals surface area contributed by atoms with E-state index in [1.165, 1.54) is 0 Å². The predicted molar refractivity (Wildman–Crippen MR) is 61.9 cm³/mol. The molecule has 0 aromatic carbocycles. The first kappa shape index (κ1) is 10.1. The van der Waals surface area contributed by atoms with Crippen molar-refractivity contribution in [3.63, 3.8) is 0 Å². The Kier molecular flexibility index (Phi) is 2.25. The van der Waals surface area contributed by atoms with Crippen LogP contribution in [0.1, 0.15) is 38.7 Å². The standard InChI is InChI=1S/C12H17N3/c1-5-12(3,4)11-14-9-7-6-8(2)13-10(9)15-11/h6-7H,5H2,1-4H3,(H,13,14,15). The Bertz CT molecular complexity index is 483. The smallest absolute Gasteiger partial charge is 0.177 e. The van der Waals surface area contributed by atoms with Crippen LogP contribution in [-0.2, 0) is 5.41 Å². The van der Waals surface area contributed by atoms with Crippen molar-refractivity contribution in [2.45, 2.75) is 39.5 Å². The average Bonchev–Trinajstić information content (AvgIpc) is 2.61. The Balaban J connectivity index is 2.56. The van der Waals surface area contributed by atoms with E-state index in [4.69, 9.17) is 0 Å². The van der Waals surface area contributed by atoms with Crippen LogP contribution in [0.5, 0.6) is 0 Å². The molecule has 3 nitrogen and oxygen atoms in total. The zero-order chi connectivity index (χ0) is 11.1. The Labute approximate surface area is 90.0 Å². The molecule has 2 rings (SSSR count). The van der Waals surface area contributed by atoms with Gasteiger partial charge in [0.1, 0.15) is 5.82 Å². The van der Waals surface area contributed by atoms with Crippen LogP contribution >= 0.6 is 0 Å². The average molecular weight is 203 g/mol. The predicted octanol–water partition coefficient (Wildman–Crippen LogP) is 2.95. The molecule has 80 valence electrons. The minimum absolute atomic E-state index is 0.0919. The third kappa shape index (κ3) is 1.74. The number of nitrogens with zero attached hydrogens (tertiary/aromatic N) is 2. The summed E-state index contributed by atoms with van der Waals surface area (Å²) in [6.07, 6.45) is 1.06. The monoisotopic (exact) mass is 203 g/mol. The Morgan fingerprint density at radius 1 is 1.27 bits per heavy atom. The number of nitrogens with one attached hydrogen (secondary N) is 1. The van der Waals surface area contributed by atoms with Crippen LogP contribution < -0.4 is 0 Å². The highest BCUT2D eigenvalue weighted by molar-refractivity contribution is 5.70. The molecule has 0 saturated heterocycles. The lowest BCUT2D eigenvalue weighted by Gasteiger charge is -2.18. The van der Waals surface area contributed by atoms with Gasteiger partial charge in [0.25, 0.3) is 0 Å². The van der Waals surface area contributed by atoms with Crippen LogP contribution in [0.2, 0.25) is 0 Å². The highest BCUT2D eigenvalue weighted by atomic mass is 15.0. The van der Waals surface area contributed by atoms with Gasteiger partial charge in [-0.25, -0.2) is 9.97 Å². The van der Waals surface area contributed by atoms with Crippen molar-refractivity contribution in [3.05, 3.63) is 23.7 Å². The fraction of sp³-hybridized carbons (Fsp3) is 0.500. The molecule has 0 aliphatic rings. The van der Waals surface area contributed by atoms with Crippen molar-refractivity contribution in [2.75, 3.05) is 0 Å². The number of fused-ring (bicyclic) bond motifs is 1. The Morgan fingerprint density at radius 2 is 2.00 bits per heavy atom. The number of hydrogen-bond donors (Lipinski definition) is 1. The lowest BCUT2D eigenvalue weighted by atomic mass is 9.90. The van der Waals surface area contributed by atoms with Crippen molar-refractivity contribution in [1.29, 1.82) is 0 Å². The largest absolute Gasteiger partial charge is 0.340 e. The molecule has 3 heteroatoms. The van der Waals surface area contributed by atoms with E-state index in [1.54, 1.807) is 0 Å². The van der Waals surface area contributed by atoms with E-state index in [1.807, 2.05) is 19.1 Å². The number of pyridine rings is 1. The summed E-state index contributed by atoms with van der Waals surface area (Å²) in [7, 11) is 0. The molecule has 0 aliphatic carbocycles. The third-order valence-corrected chi connectivity index (χ3v) is 3.01. The first-order valence-corrected chi connectivity index (χ1v) is 5.37. The number of hydrogen-bond acceptors (Lipinski definition) is 2. The molecule has 0 saturated carbocycles. The third-order valence-electron chi connectivity index (χ3n) is 3.01. The van der Waals surface area contributed by atoms with E-state index in [2.05, 4.69) is 35.7 Å². The zero-order valence-electron chi connectivity index (χ0n) is 9.76. The van der Waals surface area contributed by atoms with Crippen LogP contribution in [0.4, 0.5) is 0 Å². The van der Waals surface area contributed by atoms with E-state index < -0.39 is 0 Å². The lowest BCUT2D eigenvalue weighted by Crippen LogP contribution is -2.17. The van der Waals surface area contributed by atoms with Gasteiger partial charge in [-0.1, -0.05) is 20.8 Å². The number of aromatic nitrogens is 3. The molecule has 1 N–H and O–H groups in total. The molecule has 0 aliphatic heterocycles. The van der Waals surface area contributed by atoms with Gasteiger partial charge >= 0.3 is 0 Å². The summed E-state index contributed by atoms with van der Waals surface area (Å²) >= 11 is 0. The molecule has 0 fully saturated rings. The summed E-state index contributed by atoms with van der Waals surface area (Å²) in [4.78, 5) is 12.3. The molecular formula is C12H17N3. The van der Waals surface area contributed by atoms with Crippen LogP contribution in [-0.4, -0.2) is 15.0 Å². The zero-order valence-corrected chi connectivity index (χ0v) is 9.76. The molecule has 0 bridgehead atoms. The minimum Gasteiger partial charge on any atom is -0.340 e. The van der Waals surface area contributed by atoms with E-state index in [-0.39, 0.29) is 5.41 Å². The number of aromatic amines is 1. The molecule has 2 aromatic rings. The molecule has 0 atom stereocenters. The van der Waals surface area contributed by atoms with Crippen LogP contribution in [0, 0.1) is 6.92 Å². The van der Waals surface area contributed by atoms with E-state index >= 15 is 0 Å². The van der Waals surface area contributed by atoms with Crippen molar-refractivity contribution in [1.82, 2.24) is 15.0 Å². The second-order valence-electron chi connectivity index (χ2n) is 4.65. The van der Waals surface area contributed by atoms with Crippen LogP contribution in [0.25, 0.3) is 11.2 Å². The highest BCUT2D eigenvalue weighted by Crippen LogP contribution is 2.25. The number of rotatable bonds is 2. The van der Waals surface area contributed by atoms with Crippen molar-refractivity contribution >= 4 is 11.2 Å². The van der Waals surface area contributed by atoms with Crippen LogP contribution in [0.3, 0.4) is 0 Å². The maximum Gasteiger partial charge on any atom is 0.177 e. The number of aryl methyl sites for hydroxylation is 1. The Hall–Kier alpha value is -1.38. The fourth-order valence-corrected chi connectivity index (χ4v) is 1.48. The molecule has 0 spiro atoms. The van der Waals surface area contributed by atoms with Gasteiger partial charge in [-0.15, -0.1) is 0 Å². The van der Waals surface area contributed by atoms with Crippen molar-refractivity contribution in [2.24, 2.45) is 0 Å². The van der Waals surface area contributed by atoms with E-state index in [0.29, 0.717) is 0 Å². The molecule has 2 aromatic heterocycles. The first-order chi connectivity index (χ1) is 7.03. The summed E-state index contributed by atoms with van der Waals surface area (Å²) in [6, 6.07) is 4.04. The van der Waals surface area contributed by atoms with Gasteiger partial charge < -0.3 is 4.98 Å². The van der Waals surface area contributed by atoms with Gasteiger partial charge in [0.05, 0.1) is 5.52 Å². The van der Waals surface area contributed by atoms with Crippen molar-refractivity contribution in [3.8, 4) is 0 Å². The SMILES string of the molecule is CCC(C)(C)c1nc2nc(C)ccc2[nH]1. The highest BCUT2D eigenvalue weighted by Gasteiger charge is 2.22. The summed E-state index contributed by atoms with van der Waals surface area (Å²) < 4.78 is 0. The summed E-state index contributed by atoms with van der Waals surface area (Å²) in [5.74, 6) is 1.03. The van der Waals surface area contributed by atoms with Gasteiger partial charge in [-0.3, -0.25) is 0 Å². The van der Waals surface area contributed by atoms with Gasteiger partial charge in [0.15, 0.2) is 5.65 Å². The van der Waals surface area contributed by atoms with Crippen molar-refractivity contribution < 1.29 is 0 Å². The molecular weight excluding hydrogens is 186 g/mol. The quantitative estimate of drug-likeness (QED) is 0.815. The topological polar surface area (TPSA) is 41.6 Å². The number of H-pyrrole nitrogens is 1.